The predicted molar refractivity (Wildman–Crippen MR) is 71.4 cm³/mol. The van der Waals surface area contributed by atoms with Gasteiger partial charge in [0, 0.05) is 26.2 Å². The van der Waals surface area contributed by atoms with Gasteiger partial charge in [0.25, 0.3) is 0 Å². The molecule has 1 amide bonds. The second-order valence-electron chi connectivity index (χ2n) is 5.70. The Labute approximate surface area is 110 Å². The number of rotatable bonds is 2. The highest BCUT2D eigenvalue weighted by Crippen LogP contribution is 2.32. The predicted octanol–water partition coefficient (Wildman–Crippen LogP) is 1.40. The number of amides is 1. The molecule has 18 heavy (non-hydrogen) atoms. The molecule has 0 bridgehead atoms. The molecule has 0 aromatic rings. The highest BCUT2D eigenvalue weighted by atomic mass is 16.5. The zero-order valence-corrected chi connectivity index (χ0v) is 11.7. The highest BCUT2D eigenvalue weighted by molar-refractivity contribution is 5.83. The molecule has 0 aliphatic carbocycles. The normalized spacial score (nSPS) is 34.1. The first-order valence-corrected chi connectivity index (χ1v) is 7.30. The lowest BCUT2D eigenvalue weighted by atomic mass is 9.77. The number of hydrogen-bond donors (Lipinski definition) is 1. The van der Waals surface area contributed by atoms with E-state index in [0.29, 0.717) is 5.91 Å². The summed E-state index contributed by atoms with van der Waals surface area (Å²) in [5.41, 5.74) is -0.164. The van der Waals surface area contributed by atoms with E-state index in [4.69, 9.17) is 4.74 Å². The lowest BCUT2D eigenvalue weighted by Crippen LogP contribution is -2.52. The fraction of sp³-hybridized carbons (Fsp3) is 0.929. The smallest absolute Gasteiger partial charge is 0.230 e. The average Bonchev–Trinajstić information content (AvgIpc) is 2.63. The minimum absolute atomic E-state index is 0.164. The fourth-order valence-corrected chi connectivity index (χ4v) is 3.12. The van der Waals surface area contributed by atoms with Gasteiger partial charge in [-0.1, -0.05) is 6.92 Å². The second-order valence-corrected chi connectivity index (χ2v) is 5.70. The summed E-state index contributed by atoms with van der Waals surface area (Å²) in [6.45, 7) is 8.47. The van der Waals surface area contributed by atoms with Crippen LogP contribution >= 0.6 is 0 Å². The molecule has 0 aromatic heterocycles. The van der Waals surface area contributed by atoms with E-state index in [2.05, 4.69) is 19.2 Å². The summed E-state index contributed by atoms with van der Waals surface area (Å²) in [5, 5.41) is 3.39. The van der Waals surface area contributed by atoms with E-state index in [0.717, 1.165) is 58.5 Å². The molecule has 2 atom stereocenters. The molecule has 0 radical (unpaired) electrons. The SMILES string of the molecule is CCC1(C(=O)N2CCCOC(C)C2)CCCNC1. The molecule has 104 valence electrons. The van der Waals surface area contributed by atoms with E-state index >= 15 is 0 Å². The second kappa shape index (κ2) is 6.02. The van der Waals surface area contributed by atoms with Gasteiger partial charge in [0.2, 0.25) is 5.91 Å². The van der Waals surface area contributed by atoms with E-state index in [1.54, 1.807) is 0 Å². The van der Waals surface area contributed by atoms with Crippen molar-refractivity contribution in [3.05, 3.63) is 0 Å². The average molecular weight is 254 g/mol. The topological polar surface area (TPSA) is 41.6 Å². The Balaban J connectivity index is 2.07. The van der Waals surface area contributed by atoms with Gasteiger partial charge in [-0.05, 0) is 39.2 Å². The molecule has 0 aromatic carbocycles. The number of piperidine rings is 1. The zero-order valence-electron chi connectivity index (χ0n) is 11.7. The van der Waals surface area contributed by atoms with Crippen molar-refractivity contribution in [3.8, 4) is 0 Å². The van der Waals surface area contributed by atoms with Crippen molar-refractivity contribution in [2.45, 2.75) is 45.6 Å². The number of carbonyl (C=O) groups excluding carboxylic acids is 1. The lowest BCUT2D eigenvalue weighted by Gasteiger charge is -2.39. The third-order valence-electron chi connectivity index (χ3n) is 4.34. The molecular weight excluding hydrogens is 228 g/mol. The zero-order chi connectivity index (χ0) is 13.0. The van der Waals surface area contributed by atoms with Gasteiger partial charge in [-0.25, -0.2) is 0 Å². The molecule has 2 aliphatic heterocycles. The van der Waals surface area contributed by atoms with Crippen molar-refractivity contribution in [2.75, 3.05) is 32.8 Å². The number of ether oxygens (including phenoxy) is 1. The molecular formula is C14H26N2O2. The number of nitrogens with zero attached hydrogens (tertiary/aromatic N) is 1. The summed E-state index contributed by atoms with van der Waals surface area (Å²) in [7, 11) is 0. The molecule has 2 unspecified atom stereocenters. The molecule has 2 saturated heterocycles. The first kappa shape index (κ1) is 13.8. The van der Waals surface area contributed by atoms with Crippen LogP contribution in [0.15, 0.2) is 0 Å². The molecule has 2 aliphatic rings. The molecule has 4 heteroatoms. The standard InChI is InChI=1S/C14H26N2O2/c1-3-14(6-4-7-15-11-14)13(17)16-8-5-9-18-12(2)10-16/h12,15H,3-11H2,1-2H3. The molecule has 0 spiro atoms. The first-order chi connectivity index (χ1) is 8.68. The summed E-state index contributed by atoms with van der Waals surface area (Å²) in [6, 6.07) is 0. The van der Waals surface area contributed by atoms with E-state index < -0.39 is 0 Å². The molecule has 0 saturated carbocycles. The summed E-state index contributed by atoms with van der Waals surface area (Å²) >= 11 is 0. The maximum atomic E-state index is 12.8. The van der Waals surface area contributed by atoms with Crippen LogP contribution < -0.4 is 5.32 Å². The quantitative estimate of drug-likeness (QED) is 0.810. The van der Waals surface area contributed by atoms with E-state index in [1.807, 2.05) is 4.90 Å². The van der Waals surface area contributed by atoms with Crippen molar-refractivity contribution in [1.82, 2.24) is 10.2 Å². The Hall–Kier alpha value is -0.610. The van der Waals surface area contributed by atoms with Gasteiger partial charge >= 0.3 is 0 Å². The minimum atomic E-state index is -0.164. The first-order valence-electron chi connectivity index (χ1n) is 7.30. The Morgan fingerprint density at radius 3 is 3.00 bits per heavy atom. The van der Waals surface area contributed by atoms with E-state index in [1.165, 1.54) is 0 Å². The van der Waals surface area contributed by atoms with Gasteiger partial charge in [-0.3, -0.25) is 4.79 Å². The third kappa shape index (κ3) is 2.86. The van der Waals surface area contributed by atoms with Crippen LogP contribution in [0.2, 0.25) is 0 Å². The van der Waals surface area contributed by atoms with Gasteiger partial charge in [0.1, 0.15) is 0 Å². The van der Waals surface area contributed by atoms with Crippen LogP contribution in [0.4, 0.5) is 0 Å². The molecule has 2 fully saturated rings. The highest BCUT2D eigenvalue weighted by Gasteiger charge is 2.41. The number of nitrogens with one attached hydrogen (secondary N) is 1. The van der Waals surface area contributed by atoms with Crippen LogP contribution in [0.5, 0.6) is 0 Å². The van der Waals surface area contributed by atoms with Gasteiger partial charge < -0.3 is 15.0 Å². The van der Waals surface area contributed by atoms with Crippen molar-refractivity contribution in [2.24, 2.45) is 5.41 Å². The van der Waals surface area contributed by atoms with Crippen LogP contribution in [0.1, 0.15) is 39.5 Å². The fourth-order valence-electron chi connectivity index (χ4n) is 3.12. The van der Waals surface area contributed by atoms with Crippen molar-refractivity contribution in [1.29, 1.82) is 0 Å². The van der Waals surface area contributed by atoms with Crippen molar-refractivity contribution in [3.63, 3.8) is 0 Å². The Kier molecular flexibility index (Phi) is 4.62. The summed E-state index contributed by atoms with van der Waals surface area (Å²) in [4.78, 5) is 14.9. The maximum absolute atomic E-state index is 12.8. The van der Waals surface area contributed by atoms with Gasteiger partial charge in [-0.15, -0.1) is 0 Å². The van der Waals surface area contributed by atoms with Crippen LogP contribution in [0, 0.1) is 5.41 Å². The summed E-state index contributed by atoms with van der Waals surface area (Å²) in [6.07, 6.45) is 4.20. The van der Waals surface area contributed by atoms with Crippen LogP contribution in [-0.4, -0.2) is 49.7 Å². The van der Waals surface area contributed by atoms with Crippen molar-refractivity contribution < 1.29 is 9.53 Å². The summed E-state index contributed by atoms with van der Waals surface area (Å²) in [5.74, 6) is 0.342. The van der Waals surface area contributed by atoms with Gasteiger partial charge in [0.15, 0.2) is 0 Å². The Morgan fingerprint density at radius 2 is 2.33 bits per heavy atom. The minimum Gasteiger partial charge on any atom is -0.377 e. The Morgan fingerprint density at radius 1 is 1.50 bits per heavy atom. The van der Waals surface area contributed by atoms with Gasteiger partial charge in [-0.2, -0.15) is 0 Å². The van der Waals surface area contributed by atoms with Crippen molar-refractivity contribution >= 4 is 5.91 Å². The lowest BCUT2D eigenvalue weighted by molar-refractivity contribution is -0.144. The van der Waals surface area contributed by atoms with Crippen LogP contribution in [0.3, 0.4) is 0 Å². The molecule has 1 N–H and O–H groups in total. The Bertz CT molecular complexity index is 288. The largest absolute Gasteiger partial charge is 0.377 e. The molecule has 4 nitrogen and oxygen atoms in total. The molecule has 2 heterocycles. The van der Waals surface area contributed by atoms with Crippen LogP contribution in [0.25, 0.3) is 0 Å². The monoisotopic (exact) mass is 254 g/mol. The number of carbonyl (C=O) groups is 1. The van der Waals surface area contributed by atoms with E-state index in [9.17, 15) is 4.79 Å². The van der Waals surface area contributed by atoms with Crippen LogP contribution in [-0.2, 0) is 9.53 Å². The maximum Gasteiger partial charge on any atom is 0.230 e. The van der Waals surface area contributed by atoms with E-state index in [-0.39, 0.29) is 11.5 Å². The molecule has 2 rings (SSSR count). The number of hydrogen-bond acceptors (Lipinski definition) is 3. The summed E-state index contributed by atoms with van der Waals surface area (Å²) < 4.78 is 5.63. The van der Waals surface area contributed by atoms with Gasteiger partial charge in [0.05, 0.1) is 11.5 Å². The third-order valence-corrected chi connectivity index (χ3v) is 4.34.